The fraction of sp³-hybridized carbons (Fsp3) is 0.0714. The third-order valence-electron chi connectivity index (χ3n) is 5.28. The van der Waals surface area contributed by atoms with Gasteiger partial charge in [0.15, 0.2) is 0 Å². The molecule has 1 N–H and O–H groups in total. The third-order valence-corrected chi connectivity index (χ3v) is 7.32. The van der Waals surface area contributed by atoms with Gasteiger partial charge in [-0.3, -0.25) is 9.10 Å². The summed E-state index contributed by atoms with van der Waals surface area (Å²) in [6.45, 7) is -0.103. The zero-order chi connectivity index (χ0) is 26.1. The fourth-order valence-corrected chi connectivity index (χ4v) is 5.00. The molecule has 0 spiro atoms. The third kappa shape index (κ3) is 6.97. The number of amides is 1. The van der Waals surface area contributed by atoms with Crippen LogP contribution in [0, 0.1) is 0 Å². The Morgan fingerprint density at radius 2 is 1.49 bits per heavy atom. The zero-order valence-corrected chi connectivity index (χ0v) is 21.3. The molecule has 9 heteroatoms. The number of carbonyl (C=O) groups is 1. The number of nitrogens with one attached hydrogen (secondary N) is 1. The van der Waals surface area contributed by atoms with Crippen LogP contribution in [0.5, 0.6) is 5.75 Å². The number of nitrogens with zero attached hydrogens (tertiary/aromatic N) is 2. The number of sulfonamides is 1. The van der Waals surface area contributed by atoms with Gasteiger partial charge in [-0.15, -0.1) is 0 Å². The molecule has 0 heterocycles. The molecule has 0 unspecified atom stereocenters. The van der Waals surface area contributed by atoms with E-state index < -0.39 is 22.5 Å². The highest BCUT2D eigenvalue weighted by Gasteiger charge is 2.27. The minimum Gasteiger partial charge on any atom is -0.488 e. The number of hydrazone groups is 1. The van der Waals surface area contributed by atoms with Gasteiger partial charge in [-0.2, -0.15) is 5.10 Å². The lowest BCUT2D eigenvalue weighted by atomic mass is 10.2. The molecule has 4 aromatic carbocycles. The van der Waals surface area contributed by atoms with Crippen molar-refractivity contribution in [3.63, 3.8) is 0 Å². The maximum atomic E-state index is 13.3. The lowest BCUT2D eigenvalue weighted by Crippen LogP contribution is -2.39. The van der Waals surface area contributed by atoms with Gasteiger partial charge in [0.05, 0.1) is 16.8 Å². The maximum absolute atomic E-state index is 13.3. The van der Waals surface area contributed by atoms with Gasteiger partial charge in [0.25, 0.3) is 15.9 Å². The molecule has 0 fully saturated rings. The quantitative estimate of drug-likeness (QED) is 0.222. The molecule has 0 aliphatic rings. The van der Waals surface area contributed by atoms with Gasteiger partial charge in [0.2, 0.25) is 0 Å². The van der Waals surface area contributed by atoms with Crippen molar-refractivity contribution < 1.29 is 17.9 Å². The van der Waals surface area contributed by atoms with Crippen molar-refractivity contribution in [1.82, 2.24) is 5.43 Å². The van der Waals surface area contributed by atoms with Crippen LogP contribution in [0.2, 0.25) is 5.02 Å². The lowest BCUT2D eigenvalue weighted by molar-refractivity contribution is -0.119. The number of halogens is 1. The Kier molecular flexibility index (Phi) is 8.56. The van der Waals surface area contributed by atoms with Crippen LogP contribution in [0.3, 0.4) is 0 Å². The summed E-state index contributed by atoms with van der Waals surface area (Å²) in [5.41, 5.74) is 4.38. The summed E-state index contributed by atoms with van der Waals surface area (Å²) in [6.07, 6.45) is 1.45. The van der Waals surface area contributed by atoms with Gasteiger partial charge in [0, 0.05) is 10.6 Å². The predicted octanol–water partition coefficient (Wildman–Crippen LogP) is 5.26. The van der Waals surface area contributed by atoms with Gasteiger partial charge in [-0.25, -0.2) is 13.8 Å². The average molecular weight is 534 g/mol. The highest BCUT2D eigenvalue weighted by atomic mass is 35.5. The second kappa shape index (κ2) is 12.2. The molecule has 188 valence electrons. The van der Waals surface area contributed by atoms with Crippen LogP contribution in [0.4, 0.5) is 5.69 Å². The summed E-state index contributed by atoms with van der Waals surface area (Å²) in [4.78, 5) is 12.8. The first-order chi connectivity index (χ1) is 17.9. The van der Waals surface area contributed by atoms with Crippen molar-refractivity contribution in [1.29, 1.82) is 0 Å². The topological polar surface area (TPSA) is 88.1 Å². The van der Waals surface area contributed by atoms with E-state index in [1.807, 2.05) is 42.5 Å². The summed E-state index contributed by atoms with van der Waals surface area (Å²) in [7, 11) is -4.02. The van der Waals surface area contributed by atoms with Crippen LogP contribution in [0.15, 0.2) is 119 Å². The van der Waals surface area contributed by atoms with Gasteiger partial charge < -0.3 is 4.74 Å². The van der Waals surface area contributed by atoms with E-state index in [4.69, 9.17) is 16.3 Å². The van der Waals surface area contributed by atoms with E-state index in [1.165, 1.54) is 18.3 Å². The smallest absolute Gasteiger partial charge is 0.264 e. The molecule has 0 radical (unpaired) electrons. The highest BCUT2D eigenvalue weighted by molar-refractivity contribution is 7.92. The molecular weight excluding hydrogens is 510 g/mol. The van der Waals surface area contributed by atoms with Crippen molar-refractivity contribution in [2.24, 2.45) is 5.10 Å². The van der Waals surface area contributed by atoms with Crippen LogP contribution >= 0.6 is 11.6 Å². The molecule has 37 heavy (non-hydrogen) atoms. The van der Waals surface area contributed by atoms with Crippen LogP contribution in [0.25, 0.3) is 0 Å². The average Bonchev–Trinajstić information content (AvgIpc) is 2.93. The van der Waals surface area contributed by atoms with Crippen molar-refractivity contribution in [2.75, 3.05) is 10.8 Å². The van der Waals surface area contributed by atoms with Crippen molar-refractivity contribution in [2.45, 2.75) is 11.5 Å². The summed E-state index contributed by atoms with van der Waals surface area (Å²) in [5.74, 6) is -0.0211. The Balaban J connectivity index is 1.47. The van der Waals surface area contributed by atoms with E-state index >= 15 is 0 Å². The zero-order valence-electron chi connectivity index (χ0n) is 19.7. The molecule has 0 aromatic heterocycles. The number of para-hydroxylation sites is 1. The monoisotopic (exact) mass is 533 g/mol. The first-order valence-electron chi connectivity index (χ1n) is 11.3. The van der Waals surface area contributed by atoms with Gasteiger partial charge in [-0.1, -0.05) is 72.3 Å². The highest BCUT2D eigenvalue weighted by Crippen LogP contribution is 2.25. The van der Waals surface area contributed by atoms with Gasteiger partial charge in [0.1, 0.15) is 18.9 Å². The summed E-state index contributed by atoms with van der Waals surface area (Å²) in [5, 5.41) is 4.47. The van der Waals surface area contributed by atoms with E-state index in [9.17, 15) is 13.2 Å². The Labute approximate surface area is 221 Å². The van der Waals surface area contributed by atoms with Crippen molar-refractivity contribution >= 4 is 39.4 Å². The Morgan fingerprint density at radius 3 is 2.19 bits per heavy atom. The number of anilines is 1. The molecule has 4 rings (SSSR count). The number of rotatable bonds is 10. The summed E-state index contributed by atoms with van der Waals surface area (Å²) in [6, 6.07) is 31.1. The first-order valence-corrected chi connectivity index (χ1v) is 13.2. The Bertz CT molecular complexity index is 1460. The minimum absolute atomic E-state index is 0.0609. The lowest BCUT2D eigenvalue weighted by Gasteiger charge is -2.23. The van der Waals surface area contributed by atoms with Crippen LogP contribution in [-0.4, -0.2) is 27.1 Å². The van der Waals surface area contributed by atoms with Crippen LogP contribution in [-0.2, 0) is 21.4 Å². The standard InChI is InChI=1S/C28H24ClN3O4S/c29-24-15-17-25(18-16-24)32(37(34,35)26-12-5-2-6-13-26)20-28(33)31-30-19-23-11-7-8-14-27(23)36-21-22-9-3-1-4-10-22/h1-19H,20-21H2,(H,31,33). The van der Waals surface area contributed by atoms with Crippen LogP contribution in [0.1, 0.15) is 11.1 Å². The molecule has 7 nitrogen and oxygen atoms in total. The molecule has 0 saturated carbocycles. The number of hydrogen-bond donors (Lipinski definition) is 1. The molecule has 0 bridgehead atoms. The van der Waals surface area contributed by atoms with E-state index in [0.29, 0.717) is 28.6 Å². The second-order valence-corrected chi connectivity index (χ2v) is 10.2. The maximum Gasteiger partial charge on any atom is 0.264 e. The number of benzene rings is 4. The molecule has 4 aromatic rings. The molecule has 0 aliphatic carbocycles. The van der Waals surface area contributed by atoms with E-state index in [1.54, 1.807) is 54.6 Å². The Morgan fingerprint density at radius 1 is 0.865 bits per heavy atom. The van der Waals surface area contributed by atoms with Gasteiger partial charge >= 0.3 is 0 Å². The largest absolute Gasteiger partial charge is 0.488 e. The first kappa shape index (κ1) is 25.9. The molecule has 1 amide bonds. The summed E-state index contributed by atoms with van der Waals surface area (Å²) < 4.78 is 33.6. The van der Waals surface area contributed by atoms with Crippen molar-refractivity contribution in [3.05, 3.63) is 125 Å². The molecule has 0 atom stereocenters. The molecule has 0 saturated heterocycles. The predicted molar refractivity (Wildman–Crippen MR) is 145 cm³/mol. The van der Waals surface area contributed by atoms with Gasteiger partial charge in [-0.05, 0) is 54.1 Å². The number of carbonyl (C=O) groups excluding carboxylic acids is 1. The number of ether oxygens (including phenoxy) is 1. The van der Waals surface area contributed by atoms with E-state index in [0.717, 1.165) is 9.87 Å². The van der Waals surface area contributed by atoms with Crippen LogP contribution < -0.4 is 14.5 Å². The van der Waals surface area contributed by atoms with Crippen molar-refractivity contribution in [3.8, 4) is 5.75 Å². The van der Waals surface area contributed by atoms with E-state index in [-0.39, 0.29) is 4.90 Å². The SMILES string of the molecule is O=C(CN(c1ccc(Cl)cc1)S(=O)(=O)c1ccccc1)NN=Cc1ccccc1OCc1ccccc1. The normalized spacial score (nSPS) is 11.3. The van der Waals surface area contributed by atoms with E-state index in [2.05, 4.69) is 10.5 Å². The second-order valence-electron chi connectivity index (χ2n) is 7.91. The minimum atomic E-state index is -4.02. The molecule has 0 aliphatic heterocycles. The fourth-order valence-electron chi connectivity index (χ4n) is 3.44. The summed E-state index contributed by atoms with van der Waals surface area (Å²) >= 11 is 5.97. The number of hydrogen-bond acceptors (Lipinski definition) is 5. The Hall–Kier alpha value is -4.14. The molecular formula is C28H24ClN3O4S.